The Kier molecular flexibility index (Phi) is 4.26. The van der Waals surface area contributed by atoms with E-state index in [4.69, 9.17) is 9.84 Å². The Labute approximate surface area is 138 Å². The molecule has 5 fully saturated rings. The first kappa shape index (κ1) is 15.7. The highest BCUT2D eigenvalue weighted by Crippen LogP contribution is 2.42. The molecule has 1 saturated carbocycles. The molecular formula is C18H30N2O3. The van der Waals surface area contributed by atoms with Gasteiger partial charge in [0.25, 0.3) is 0 Å². The van der Waals surface area contributed by atoms with Gasteiger partial charge in [0.15, 0.2) is 0 Å². The Hall–Kier alpha value is -0.810. The standard InChI is InChI=1S/C18H30N2O3/c21-8-5-14-9-15-1-2-16(10-14)20(15)17(22)19-12-18-6-3-13(4-7-18)11-23-18/h13-16,21H,1-12H2,(H,19,22). The largest absolute Gasteiger partial charge is 0.396 e. The zero-order valence-corrected chi connectivity index (χ0v) is 14.0. The minimum atomic E-state index is -0.0847. The molecule has 0 aromatic heterocycles. The van der Waals surface area contributed by atoms with Crippen molar-refractivity contribution in [3.05, 3.63) is 0 Å². The lowest BCUT2D eigenvalue weighted by molar-refractivity contribution is -0.140. The van der Waals surface area contributed by atoms with Gasteiger partial charge in [-0.15, -0.1) is 0 Å². The molecule has 4 heterocycles. The molecule has 0 aromatic carbocycles. The van der Waals surface area contributed by atoms with Crippen LogP contribution in [0.1, 0.15) is 57.8 Å². The minimum Gasteiger partial charge on any atom is -0.396 e. The number of nitrogens with one attached hydrogen (secondary N) is 1. The fraction of sp³-hybridized carbons (Fsp3) is 0.944. The lowest BCUT2D eigenvalue weighted by Gasteiger charge is -2.47. The van der Waals surface area contributed by atoms with Crippen molar-refractivity contribution in [1.29, 1.82) is 0 Å². The molecule has 130 valence electrons. The van der Waals surface area contributed by atoms with Crippen LogP contribution in [0.3, 0.4) is 0 Å². The van der Waals surface area contributed by atoms with Crippen molar-refractivity contribution in [3.63, 3.8) is 0 Å². The maximum absolute atomic E-state index is 12.7. The molecule has 4 bridgehead atoms. The maximum Gasteiger partial charge on any atom is 0.318 e. The number of ether oxygens (including phenoxy) is 1. The summed E-state index contributed by atoms with van der Waals surface area (Å²) in [4.78, 5) is 14.9. The number of hydrogen-bond acceptors (Lipinski definition) is 3. The first-order valence-corrected chi connectivity index (χ1v) is 9.50. The summed E-state index contributed by atoms with van der Waals surface area (Å²) < 4.78 is 6.06. The zero-order valence-electron chi connectivity index (χ0n) is 14.0. The van der Waals surface area contributed by atoms with E-state index in [2.05, 4.69) is 10.2 Å². The number of aliphatic hydroxyl groups excluding tert-OH is 1. The Morgan fingerprint density at radius 2 is 1.87 bits per heavy atom. The van der Waals surface area contributed by atoms with Gasteiger partial charge in [0.2, 0.25) is 0 Å². The van der Waals surface area contributed by atoms with Crippen LogP contribution in [0, 0.1) is 11.8 Å². The molecule has 0 radical (unpaired) electrons. The summed E-state index contributed by atoms with van der Waals surface area (Å²) >= 11 is 0. The number of amides is 2. The molecule has 2 atom stereocenters. The number of hydrogen-bond donors (Lipinski definition) is 2. The van der Waals surface area contributed by atoms with E-state index in [0.717, 1.165) is 57.5 Å². The topological polar surface area (TPSA) is 61.8 Å². The molecule has 2 unspecified atom stereocenters. The quantitative estimate of drug-likeness (QED) is 0.835. The fourth-order valence-electron chi connectivity index (χ4n) is 5.40. The van der Waals surface area contributed by atoms with E-state index >= 15 is 0 Å². The molecule has 4 saturated heterocycles. The lowest BCUT2D eigenvalue weighted by atomic mass is 9.76. The molecule has 5 rings (SSSR count). The van der Waals surface area contributed by atoms with Crippen molar-refractivity contribution in [2.24, 2.45) is 11.8 Å². The van der Waals surface area contributed by atoms with Crippen LogP contribution in [0.15, 0.2) is 0 Å². The number of carbonyl (C=O) groups is 1. The summed E-state index contributed by atoms with van der Waals surface area (Å²) in [5, 5.41) is 12.4. The van der Waals surface area contributed by atoms with E-state index in [1.54, 1.807) is 0 Å². The molecule has 23 heavy (non-hydrogen) atoms. The maximum atomic E-state index is 12.7. The second-order valence-electron chi connectivity index (χ2n) is 8.24. The van der Waals surface area contributed by atoms with Crippen molar-refractivity contribution in [2.45, 2.75) is 75.5 Å². The third kappa shape index (κ3) is 2.98. The number of nitrogens with zero attached hydrogens (tertiary/aromatic N) is 1. The van der Waals surface area contributed by atoms with Crippen LogP contribution in [0.4, 0.5) is 4.79 Å². The van der Waals surface area contributed by atoms with Crippen LogP contribution in [0.25, 0.3) is 0 Å². The van der Waals surface area contributed by atoms with Crippen molar-refractivity contribution in [2.75, 3.05) is 19.8 Å². The molecule has 5 heteroatoms. The number of piperidine rings is 1. The first-order valence-electron chi connectivity index (χ1n) is 9.50. The van der Waals surface area contributed by atoms with Gasteiger partial charge >= 0.3 is 6.03 Å². The van der Waals surface area contributed by atoms with Gasteiger partial charge in [-0.1, -0.05) is 0 Å². The van der Waals surface area contributed by atoms with E-state index in [1.807, 2.05) is 0 Å². The Balaban J connectivity index is 1.33. The Morgan fingerprint density at radius 1 is 1.17 bits per heavy atom. The SMILES string of the molecule is O=C(NCC12CCC(CC1)CO2)N1C2CCC1CC(CCO)C2. The molecule has 0 spiro atoms. The highest BCUT2D eigenvalue weighted by atomic mass is 16.5. The normalized spacial score (nSPS) is 42.0. The van der Waals surface area contributed by atoms with Gasteiger partial charge in [-0.05, 0) is 69.6 Å². The molecule has 0 aromatic rings. The first-order chi connectivity index (χ1) is 11.2. The second-order valence-corrected chi connectivity index (χ2v) is 8.24. The van der Waals surface area contributed by atoms with Gasteiger partial charge in [-0.3, -0.25) is 0 Å². The fourth-order valence-corrected chi connectivity index (χ4v) is 5.40. The van der Waals surface area contributed by atoms with E-state index in [-0.39, 0.29) is 18.2 Å². The van der Waals surface area contributed by atoms with Crippen molar-refractivity contribution in [3.8, 4) is 0 Å². The van der Waals surface area contributed by atoms with E-state index < -0.39 is 0 Å². The van der Waals surface area contributed by atoms with Gasteiger partial charge in [-0.2, -0.15) is 0 Å². The minimum absolute atomic E-state index is 0.0847. The Bertz CT molecular complexity index is 420. The van der Waals surface area contributed by atoms with Gasteiger partial charge in [0.1, 0.15) is 0 Å². The highest BCUT2D eigenvalue weighted by molar-refractivity contribution is 5.75. The Morgan fingerprint density at radius 3 is 2.43 bits per heavy atom. The summed E-state index contributed by atoms with van der Waals surface area (Å²) in [7, 11) is 0. The average molecular weight is 322 g/mol. The number of carbonyl (C=O) groups excluding carboxylic acids is 1. The van der Waals surface area contributed by atoms with Gasteiger partial charge in [0.05, 0.1) is 12.2 Å². The highest BCUT2D eigenvalue weighted by Gasteiger charge is 2.45. The number of fused-ring (bicyclic) bond motifs is 5. The van der Waals surface area contributed by atoms with Crippen LogP contribution >= 0.6 is 0 Å². The summed E-state index contributed by atoms with van der Waals surface area (Å²) in [6.45, 7) is 1.83. The van der Waals surface area contributed by atoms with Gasteiger partial charge < -0.3 is 20.1 Å². The summed E-state index contributed by atoms with van der Waals surface area (Å²) in [5.74, 6) is 1.35. The third-order valence-corrected chi connectivity index (χ3v) is 6.81. The summed E-state index contributed by atoms with van der Waals surface area (Å²) in [6.07, 6.45) is 9.99. The molecule has 2 amide bonds. The van der Waals surface area contributed by atoms with Crippen LogP contribution in [0.2, 0.25) is 0 Å². The van der Waals surface area contributed by atoms with E-state index in [1.165, 1.54) is 12.8 Å². The smallest absolute Gasteiger partial charge is 0.318 e. The van der Waals surface area contributed by atoms with Crippen LogP contribution in [-0.4, -0.2) is 53.5 Å². The molecule has 4 aliphatic heterocycles. The van der Waals surface area contributed by atoms with Crippen LogP contribution < -0.4 is 5.32 Å². The van der Waals surface area contributed by atoms with Crippen molar-refractivity contribution >= 4 is 6.03 Å². The van der Waals surface area contributed by atoms with Crippen LogP contribution in [-0.2, 0) is 4.74 Å². The van der Waals surface area contributed by atoms with Crippen LogP contribution in [0.5, 0.6) is 0 Å². The predicted molar refractivity (Wildman–Crippen MR) is 87.1 cm³/mol. The second kappa shape index (κ2) is 6.25. The van der Waals surface area contributed by atoms with Gasteiger partial charge in [-0.25, -0.2) is 4.79 Å². The summed E-state index contributed by atoms with van der Waals surface area (Å²) in [5.41, 5.74) is -0.0847. The molecular weight excluding hydrogens is 292 g/mol. The third-order valence-electron chi connectivity index (χ3n) is 6.81. The molecule has 2 N–H and O–H groups in total. The number of aliphatic hydroxyl groups is 1. The molecule has 5 aliphatic rings. The molecule has 1 aliphatic carbocycles. The van der Waals surface area contributed by atoms with E-state index in [9.17, 15) is 4.79 Å². The van der Waals surface area contributed by atoms with Crippen molar-refractivity contribution in [1.82, 2.24) is 10.2 Å². The lowest BCUT2D eigenvalue weighted by Crippen LogP contribution is -2.56. The molecule has 5 nitrogen and oxygen atoms in total. The number of rotatable bonds is 4. The van der Waals surface area contributed by atoms with Crippen molar-refractivity contribution < 1.29 is 14.6 Å². The predicted octanol–water partition coefficient (Wildman–Crippen LogP) is 2.28. The monoisotopic (exact) mass is 322 g/mol. The number of urea groups is 1. The zero-order chi connectivity index (χ0) is 15.9. The average Bonchev–Trinajstić information content (AvgIpc) is 2.86. The summed E-state index contributed by atoms with van der Waals surface area (Å²) in [6, 6.07) is 0.877. The van der Waals surface area contributed by atoms with E-state index in [0.29, 0.717) is 24.5 Å². The van der Waals surface area contributed by atoms with Gasteiger partial charge in [0, 0.05) is 25.2 Å².